The van der Waals surface area contributed by atoms with E-state index in [4.69, 9.17) is 0 Å². The first-order valence-electron chi connectivity index (χ1n) is 6.02. The van der Waals surface area contributed by atoms with Crippen LogP contribution < -0.4 is 0 Å². The number of carbonyl (C=O) groups excluding carboxylic acids is 1. The topological polar surface area (TPSA) is 17.1 Å². The van der Waals surface area contributed by atoms with Gasteiger partial charge in [-0.25, -0.2) is 8.78 Å². The molecular formula is C16H14F2O. The van der Waals surface area contributed by atoms with Gasteiger partial charge < -0.3 is 0 Å². The van der Waals surface area contributed by atoms with E-state index in [0.29, 0.717) is 0 Å². The molecule has 1 nitrogen and oxygen atoms in total. The number of benzene rings is 2. The van der Waals surface area contributed by atoms with Crippen molar-refractivity contribution in [1.29, 1.82) is 0 Å². The summed E-state index contributed by atoms with van der Waals surface area (Å²) in [5.74, 6) is -1.71. The van der Waals surface area contributed by atoms with Gasteiger partial charge in [-0.05, 0) is 48.7 Å². The number of hydrogen-bond donors (Lipinski definition) is 0. The van der Waals surface area contributed by atoms with Crippen LogP contribution >= 0.6 is 0 Å². The number of rotatable bonds is 3. The van der Waals surface area contributed by atoms with E-state index in [1.807, 2.05) is 32.0 Å². The quantitative estimate of drug-likeness (QED) is 0.762. The molecule has 0 aromatic heterocycles. The fourth-order valence-electron chi connectivity index (χ4n) is 1.91. The molecule has 0 amide bonds. The highest BCUT2D eigenvalue weighted by molar-refractivity contribution is 5.97. The van der Waals surface area contributed by atoms with Crippen LogP contribution in [0.1, 0.15) is 27.0 Å². The van der Waals surface area contributed by atoms with E-state index in [9.17, 15) is 13.6 Å². The summed E-state index contributed by atoms with van der Waals surface area (Å²) in [6.07, 6.45) is 0.0709. The molecule has 0 aliphatic heterocycles. The third-order valence-electron chi connectivity index (χ3n) is 3.16. The van der Waals surface area contributed by atoms with Gasteiger partial charge in [0.15, 0.2) is 5.78 Å². The minimum atomic E-state index is -0.685. The summed E-state index contributed by atoms with van der Waals surface area (Å²) in [6, 6.07) is 8.56. The van der Waals surface area contributed by atoms with Crippen molar-refractivity contribution in [3.63, 3.8) is 0 Å². The molecule has 2 rings (SSSR count). The highest BCUT2D eigenvalue weighted by Crippen LogP contribution is 2.15. The van der Waals surface area contributed by atoms with Crippen molar-refractivity contribution in [3.8, 4) is 0 Å². The Morgan fingerprint density at radius 1 is 1.00 bits per heavy atom. The summed E-state index contributed by atoms with van der Waals surface area (Å²) in [4.78, 5) is 12.0. The van der Waals surface area contributed by atoms with Crippen molar-refractivity contribution >= 4 is 5.78 Å². The summed E-state index contributed by atoms with van der Waals surface area (Å²) in [6.45, 7) is 3.93. The number of Topliss-reactive ketones (excluding diaryl/α,β-unsaturated/α-hetero) is 1. The first-order chi connectivity index (χ1) is 8.97. The predicted octanol–water partition coefficient (Wildman–Crippen LogP) is 4.01. The normalized spacial score (nSPS) is 10.5. The molecule has 3 heteroatoms. The molecule has 19 heavy (non-hydrogen) atoms. The van der Waals surface area contributed by atoms with Crippen molar-refractivity contribution in [2.75, 3.05) is 0 Å². The fraction of sp³-hybridized carbons (Fsp3) is 0.188. The van der Waals surface area contributed by atoms with Crippen LogP contribution in [-0.4, -0.2) is 5.78 Å². The van der Waals surface area contributed by atoms with Crippen LogP contribution in [0.5, 0.6) is 0 Å². The molecule has 0 atom stereocenters. The molecule has 0 aliphatic rings. The number of halogens is 2. The summed E-state index contributed by atoms with van der Waals surface area (Å²) < 4.78 is 26.5. The molecule has 2 aromatic carbocycles. The summed E-state index contributed by atoms with van der Waals surface area (Å²) in [7, 11) is 0. The molecule has 0 aliphatic carbocycles. The van der Waals surface area contributed by atoms with E-state index in [0.717, 1.165) is 34.9 Å². The highest BCUT2D eigenvalue weighted by atomic mass is 19.1. The van der Waals surface area contributed by atoms with Crippen LogP contribution in [0.25, 0.3) is 0 Å². The number of carbonyl (C=O) groups is 1. The van der Waals surface area contributed by atoms with E-state index in [-0.39, 0.29) is 12.0 Å². The standard InChI is InChI=1S/C16H14F2O/c1-10-3-4-12(7-11(10)2)8-16(19)14-9-13(17)5-6-15(14)18/h3-7,9H,8H2,1-2H3. The minimum absolute atomic E-state index is 0.0709. The SMILES string of the molecule is Cc1ccc(CC(=O)c2cc(F)ccc2F)cc1C. The van der Waals surface area contributed by atoms with Crippen LogP contribution in [0.4, 0.5) is 8.78 Å². The van der Waals surface area contributed by atoms with Gasteiger partial charge in [0.25, 0.3) is 0 Å². The van der Waals surface area contributed by atoms with Crippen molar-refractivity contribution in [3.05, 3.63) is 70.3 Å². The first kappa shape index (κ1) is 13.4. The van der Waals surface area contributed by atoms with Gasteiger partial charge in [-0.2, -0.15) is 0 Å². The minimum Gasteiger partial charge on any atom is -0.294 e. The Labute approximate surface area is 110 Å². The average molecular weight is 260 g/mol. The lowest BCUT2D eigenvalue weighted by atomic mass is 9.99. The van der Waals surface area contributed by atoms with Crippen LogP contribution in [0.3, 0.4) is 0 Å². The zero-order valence-corrected chi connectivity index (χ0v) is 10.8. The van der Waals surface area contributed by atoms with Crippen LogP contribution in [0.2, 0.25) is 0 Å². The monoisotopic (exact) mass is 260 g/mol. The zero-order chi connectivity index (χ0) is 14.0. The largest absolute Gasteiger partial charge is 0.294 e. The molecule has 98 valence electrons. The lowest BCUT2D eigenvalue weighted by molar-refractivity contribution is 0.0988. The maximum absolute atomic E-state index is 13.5. The Bertz CT molecular complexity index is 633. The average Bonchev–Trinajstić information content (AvgIpc) is 2.36. The predicted molar refractivity (Wildman–Crippen MR) is 70.3 cm³/mol. The zero-order valence-electron chi connectivity index (χ0n) is 10.8. The number of ketones is 1. The molecular weight excluding hydrogens is 246 g/mol. The van der Waals surface area contributed by atoms with E-state index in [1.165, 1.54) is 0 Å². The van der Waals surface area contributed by atoms with E-state index >= 15 is 0 Å². The van der Waals surface area contributed by atoms with Gasteiger partial charge in [0.2, 0.25) is 0 Å². The van der Waals surface area contributed by atoms with Crippen molar-refractivity contribution < 1.29 is 13.6 Å². The third kappa shape index (κ3) is 3.05. The lowest BCUT2D eigenvalue weighted by Crippen LogP contribution is -2.07. The van der Waals surface area contributed by atoms with Crippen LogP contribution in [0, 0.1) is 25.5 Å². The second kappa shape index (κ2) is 5.31. The maximum atomic E-state index is 13.5. The Hall–Kier alpha value is -2.03. The van der Waals surface area contributed by atoms with E-state index in [2.05, 4.69) is 0 Å². The highest BCUT2D eigenvalue weighted by Gasteiger charge is 2.13. The van der Waals surface area contributed by atoms with Crippen LogP contribution in [-0.2, 0) is 6.42 Å². The molecule has 0 fully saturated rings. The second-order valence-corrected chi connectivity index (χ2v) is 4.64. The van der Waals surface area contributed by atoms with Gasteiger partial charge >= 0.3 is 0 Å². The van der Waals surface area contributed by atoms with Gasteiger partial charge in [-0.15, -0.1) is 0 Å². The van der Waals surface area contributed by atoms with Crippen molar-refractivity contribution in [2.24, 2.45) is 0 Å². The number of hydrogen-bond acceptors (Lipinski definition) is 1. The van der Waals surface area contributed by atoms with Crippen molar-refractivity contribution in [1.82, 2.24) is 0 Å². The molecule has 2 aromatic rings. The molecule has 0 spiro atoms. The Morgan fingerprint density at radius 2 is 1.74 bits per heavy atom. The van der Waals surface area contributed by atoms with Gasteiger partial charge in [-0.3, -0.25) is 4.79 Å². The molecule has 0 heterocycles. The third-order valence-corrected chi connectivity index (χ3v) is 3.16. The lowest BCUT2D eigenvalue weighted by Gasteiger charge is -2.06. The van der Waals surface area contributed by atoms with E-state index in [1.54, 1.807) is 0 Å². The smallest absolute Gasteiger partial charge is 0.170 e. The van der Waals surface area contributed by atoms with Crippen LogP contribution in [0.15, 0.2) is 36.4 Å². The summed E-state index contributed by atoms with van der Waals surface area (Å²) in [5.41, 5.74) is 2.81. The summed E-state index contributed by atoms with van der Waals surface area (Å²) >= 11 is 0. The second-order valence-electron chi connectivity index (χ2n) is 4.64. The van der Waals surface area contributed by atoms with Gasteiger partial charge in [0.05, 0.1) is 5.56 Å². The molecule has 0 saturated carbocycles. The Balaban J connectivity index is 2.25. The molecule has 0 saturated heterocycles. The first-order valence-corrected chi connectivity index (χ1v) is 6.02. The van der Waals surface area contributed by atoms with Gasteiger partial charge in [0, 0.05) is 6.42 Å². The van der Waals surface area contributed by atoms with E-state index < -0.39 is 17.4 Å². The van der Waals surface area contributed by atoms with Gasteiger partial charge in [-0.1, -0.05) is 18.2 Å². The fourth-order valence-corrected chi connectivity index (χ4v) is 1.91. The molecule has 0 radical (unpaired) electrons. The van der Waals surface area contributed by atoms with Crippen molar-refractivity contribution in [2.45, 2.75) is 20.3 Å². The molecule has 0 unspecified atom stereocenters. The summed E-state index contributed by atoms with van der Waals surface area (Å²) in [5, 5.41) is 0. The molecule has 0 bridgehead atoms. The Morgan fingerprint density at radius 3 is 2.42 bits per heavy atom. The van der Waals surface area contributed by atoms with Gasteiger partial charge in [0.1, 0.15) is 11.6 Å². The number of aryl methyl sites for hydroxylation is 2. The Kier molecular flexibility index (Phi) is 3.74. The molecule has 0 N–H and O–H groups in total. The maximum Gasteiger partial charge on any atom is 0.170 e.